The summed E-state index contributed by atoms with van der Waals surface area (Å²) in [4.78, 5) is 8.47. The van der Waals surface area contributed by atoms with Crippen LogP contribution < -0.4 is 10.5 Å². The number of methoxy groups -OCH3 is 1. The van der Waals surface area contributed by atoms with E-state index in [9.17, 15) is 0 Å². The van der Waals surface area contributed by atoms with E-state index in [2.05, 4.69) is 23.8 Å². The van der Waals surface area contributed by atoms with Gasteiger partial charge in [-0.3, -0.25) is 0 Å². The van der Waals surface area contributed by atoms with Gasteiger partial charge < -0.3 is 10.5 Å². The highest BCUT2D eigenvalue weighted by atomic mass is 35.5. The van der Waals surface area contributed by atoms with Crippen molar-refractivity contribution in [1.82, 2.24) is 9.97 Å². The second kappa shape index (κ2) is 5.45. The second-order valence-corrected chi connectivity index (χ2v) is 4.95. The Morgan fingerprint density at radius 3 is 2.53 bits per heavy atom. The molecule has 1 aromatic carbocycles. The van der Waals surface area contributed by atoms with Crippen molar-refractivity contribution in [2.45, 2.75) is 19.8 Å². The fraction of sp³-hybridized carbons (Fsp3) is 0.286. The van der Waals surface area contributed by atoms with Crippen LogP contribution in [0.15, 0.2) is 24.3 Å². The summed E-state index contributed by atoms with van der Waals surface area (Å²) in [5.41, 5.74) is 8.32. The number of hydrogen-bond donors (Lipinski definition) is 1. The van der Waals surface area contributed by atoms with Gasteiger partial charge in [0.1, 0.15) is 5.75 Å². The van der Waals surface area contributed by atoms with Crippen LogP contribution in [0, 0.1) is 0 Å². The third-order valence-electron chi connectivity index (χ3n) is 2.80. The molecule has 100 valence electrons. The normalized spacial score (nSPS) is 10.8. The van der Waals surface area contributed by atoms with Crippen molar-refractivity contribution in [3.05, 3.63) is 35.0 Å². The highest BCUT2D eigenvalue weighted by molar-refractivity contribution is 6.32. The molecular weight excluding hydrogens is 262 g/mol. The lowest BCUT2D eigenvalue weighted by Gasteiger charge is -2.09. The van der Waals surface area contributed by atoms with Crippen LogP contribution >= 0.6 is 11.6 Å². The summed E-state index contributed by atoms with van der Waals surface area (Å²) in [6.07, 6.45) is 0. The number of benzene rings is 1. The lowest BCUT2D eigenvalue weighted by Crippen LogP contribution is -2.02. The molecule has 2 aromatic rings. The molecule has 0 aliphatic rings. The van der Waals surface area contributed by atoms with Gasteiger partial charge in [-0.1, -0.05) is 25.4 Å². The molecule has 0 radical (unpaired) electrons. The van der Waals surface area contributed by atoms with Crippen LogP contribution in [0.1, 0.15) is 25.5 Å². The first kappa shape index (κ1) is 13.6. The average Bonchev–Trinajstić information content (AvgIpc) is 2.37. The number of nitrogens with zero attached hydrogens (tertiary/aromatic N) is 2. The number of halogens is 1. The quantitative estimate of drug-likeness (QED) is 0.932. The Balaban J connectivity index is 2.49. The first-order valence-electron chi connectivity index (χ1n) is 5.99. The number of nitrogens with two attached hydrogens (primary N) is 1. The molecule has 4 nitrogen and oxygen atoms in total. The molecule has 1 heterocycles. The standard InChI is InChI=1S/C14H16ClN3O/c1-8(2)11-7-12(18-14(16)17-11)9-4-5-13(19-3)10(15)6-9/h4-8H,1-3H3,(H2,16,17,18). The van der Waals surface area contributed by atoms with Crippen LogP contribution in [0.5, 0.6) is 5.75 Å². The molecule has 0 aliphatic heterocycles. The average molecular weight is 278 g/mol. The number of nitrogen functional groups attached to an aromatic ring is 1. The van der Waals surface area contributed by atoms with E-state index in [1.54, 1.807) is 7.11 Å². The Hall–Kier alpha value is -1.81. The SMILES string of the molecule is COc1ccc(-c2cc(C(C)C)nc(N)n2)cc1Cl. The largest absolute Gasteiger partial charge is 0.495 e. The summed E-state index contributed by atoms with van der Waals surface area (Å²) in [5, 5.41) is 0.545. The summed E-state index contributed by atoms with van der Waals surface area (Å²) in [6.45, 7) is 4.12. The van der Waals surface area contributed by atoms with E-state index in [1.807, 2.05) is 24.3 Å². The molecule has 5 heteroatoms. The summed E-state index contributed by atoms with van der Waals surface area (Å²) in [6, 6.07) is 7.45. The molecule has 0 unspecified atom stereocenters. The summed E-state index contributed by atoms with van der Waals surface area (Å²) in [5.74, 6) is 1.20. The Bertz CT molecular complexity index is 599. The Morgan fingerprint density at radius 1 is 1.21 bits per heavy atom. The minimum absolute atomic E-state index is 0.271. The van der Waals surface area contributed by atoms with Crippen molar-refractivity contribution in [1.29, 1.82) is 0 Å². The van der Waals surface area contributed by atoms with Gasteiger partial charge in [-0.25, -0.2) is 9.97 Å². The topological polar surface area (TPSA) is 61.0 Å². The van der Waals surface area contributed by atoms with Gasteiger partial charge in [-0.05, 0) is 30.2 Å². The summed E-state index contributed by atoms with van der Waals surface area (Å²) < 4.78 is 5.13. The number of rotatable bonds is 3. The molecule has 19 heavy (non-hydrogen) atoms. The summed E-state index contributed by atoms with van der Waals surface area (Å²) in [7, 11) is 1.58. The molecule has 0 saturated carbocycles. The van der Waals surface area contributed by atoms with Crippen LogP contribution in [0.3, 0.4) is 0 Å². The van der Waals surface area contributed by atoms with E-state index in [0.717, 1.165) is 17.0 Å². The number of aromatic nitrogens is 2. The Morgan fingerprint density at radius 2 is 1.95 bits per heavy atom. The van der Waals surface area contributed by atoms with Crippen LogP contribution in [0.4, 0.5) is 5.95 Å². The number of anilines is 1. The molecule has 2 N–H and O–H groups in total. The van der Waals surface area contributed by atoms with E-state index in [0.29, 0.717) is 10.8 Å². The molecule has 0 amide bonds. The van der Waals surface area contributed by atoms with Crippen molar-refractivity contribution in [2.24, 2.45) is 0 Å². The zero-order valence-corrected chi connectivity index (χ0v) is 11.9. The molecule has 0 spiro atoms. The fourth-order valence-corrected chi connectivity index (χ4v) is 2.01. The van der Waals surface area contributed by atoms with Gasteiger partial charge in [0.25, 0.3) is 0 Å². The summed E-state index contributed by atoms with van der Waals surface area (Å²) >= 11 is 6.12. The lowest BCUT2D eigenvalue weighted by atomic mass is 10.1. The van der Waals surface area contributed by atoms with Crippen LogP contribution in [-0.2, 0) is 0 Å². The zero-order valence-electron chi connectivity index (χ0n) is 11.1. The van der Waals surface area contributed by atoms with E-state index in [1.165, 1.54) is 0 Å². The van der Waals surface area contributed by atoms with Crippen molar-refractivity contribution in [3.8, 4) is 17.0 Å². The molecular formula is C14H16ClN3O. The van der Waals surface area contributed by atoms with Gasteiger partial charge in [-0.15, -0.1) is 0 Å². The van der Waals surface area contributed by atoms with Crippen molar-refractivity contribution in [3.63, 3.8) is 0 Å². The Labute approximate surface area is 117 Å². The maximum atomic E-state index is 6.12. The third-order valence-corrected chi connectivity index (χ3v) is 3.10. The van der Waals surface area contributed by atoms with Crippen LogP contribution in [0.2, 0.25) is 5.02 Å². The zero-order chi connectivity index (χ0) is 14.0. The van der Waals surface area contributed by atoms with Gasteiger partial charge in [0.2, 0.25) is 5.95 Å². The van der Waals surface area contributed by atoms with E-state index in [4.69, 9.17) is 22.1 Å². The molecule has 0 bridgehead atoms. The molecule has 0 atom stereocenters. The second-order valence-electron chi connectivity index (χ2n) is 4.54. The van der Waals surface area contributed by atoms with Gasteiger partial charge >= 0.3 is 0 Å². The van der Waals surface area contributed by atoms with Crippen LogP contribution in [-0.4, -0.2) is 17.1 Å². The third kappa shape index (κ3) is 2.96. The van der Waals surface area contributed by atoms with Crippen molar-refractivity contribution < 1.29 is 4.74 Å². The fourth-order valence-electron chi connectivity index (χ4n) is 1.75. The van der Waals surface area contributed by atoms with Crippen molar-refractivity contribution >= 4 is 17.5 Å². The molecule has 1 aromatic heterocycles. The molecule has 2 rings (SSSR count). The van der Waals surface area contributed by atoms with Gasteiger partial charge in [0, 0.05) is 11.3 Å². The highest BCUT2D eigenvalue weighted by Crippen LogP contribution is 2.30. The van der Waals surface area contributed by atoms with Gasteiger partial charge in [0.05, 0.1) is 17.8 Å². The number of hydrogen-bond acceptors (Lipinski definition) is 4. The molecule has 0 fully saturated rings. The van der Waals surface area contributed by atoms with Crippen LogP contribution in [0.25, 0.3) is 11.3 Å². The van der Waals surface area contributed by atoms with Crippen molar-refractivity contribution in [2.75, 3.05) is 12.8 Å². The van der Waals surface area contributed by atoms with E-state index in [-0.39, 0.29) is 11.9 Å². The smallest absolute Gasteiger partial charge is 0.220 e. The predicted molar refractivity (Wildman–Crippen MR) is 77.5 cm³/mol. The van der Waals surface area contributed by atoms with Gasteiger partial charge in [-0.2, -0.15) is 0 Å². The maximum absolute atomic E-state index is 6.12. The predicted octanol–water partition coefficient (Wildman–Crippen LogP) is 3.51. The molecule has 0 saturated heterocycles. The van der Waals surface area contributed by atoms with E-state index < -0.39 is 0 Å². The lowest BCUT2D eigenvalue weighted by molar-refractivity contribution is 0.415. The minimum atomic E-state index is 0.271. The molecule has 0 aliphatic carbocycles. The first-order valence-corrected chi connectivity index (χ1v) is 6.37. The highest BCUT2D eigenvalue weighted by Gasteiger charge is 2.09. The first-order chi connectivity index (χ1) is 9.01. The number of ether oxygens (including phenoxy) is 1. The van der Waals surface area contributed by atoms with Gasteiger partial charge in [0.15, 0.2) is 0 Å². The monoisotopic (exact) mass is 277 g/mol. The Kier molecular flexibility index (Phi) is 3.90. The van der Waals surface area contributed by atoms with E-state index >= 15 is 0 Å². The minimum Gasteiger partial charge on any atom is -0.495 e. The maximum Gasteiger partial charge on any atom is 0.220 e.